The highest BCUT2D eigenvalue weighted by atomic mass is 16.6. The van der Waals surface area contributed by atoms with Gasteiger partial charge < -0.3 is 9.15 Å². The van der Waals surface area contributed by atoms with Crippen LogP contribution in [0, 0.1) is 0 Å². The molecule has 78 valence electrons. The predicted molar refractivity (Wildman–Crippen MR) is 53.0 cm³/mol. The largest absolute Gasteiger partial charge is 0.472 e. The first-order valence-corrected chi connectivity index (χ1v) is 4.65. The summed E-state index contributed by atoms with van der Waals surface area (Å²) in [6.45, 7) is 7.37. The van der Waals surface area contributed by atoms with E-state index in [-0.39, 0.29) is 11.9 Å². The Labute approximate surface area is 84.1 Å². The van der Waals surface area contributed by atoms with Crippen molar-refractivity contribution in [3.05, 3.63) is 24.2 Å². The third kappa shape index (κ3) is 2.91. The molecule has 0 aliphatic rings. The first kappa shape index (κ1) is 10.8. The first-order chi connectivity index (χ1) is 6.40. The van der Waals surface area contributed by atoms with Crippen LogP contribution in [0.25, 0.3) is 0 Å². The third-order valence-corrected chi connectivity index (χ3v) is 1.80. The topological polar surface area (TPSA) is 39.4 Å². The fourth-order valence-electron chi connectivity index (χ4n) is 1.05. The lowest BCUT2D eigenvalue weighted by Crippen LogP contribution is -2.26. The summed E-state index contributed by atoms with van der Waals surface area (Å²) in [6.07, 6.45) is 3.12. The maximum absolute atomic E-state index is 11.6. The highest BCUT2D eigenvalue weighted by Gasteiger charge is 2.23. The minimum atomic E-state index is -0.435. The van der Waals surface area contributed by atoms with Crippen LogP contribution in [0.15, 0.2) is 23.0 Å². The van der Waals surface area contributed by atoms with Crippen molar-refractivity contribution >= 4 is 5.97 Å². The number of carbonyl (C=O) groups is 1. The highest BCUT2D eigenvalue weighted by molar-refractivity contribution is 5.77. The fourth-order valence-corrected chi connectivity index (χ4v) is 1.05. The second-order valence-electron chi connectivity index (χ2n) is 4.31. The summed E-state index contributed by atoms with van der Waals surface area (Å²) in [5.74, 6) is -0.494. The van der Waals surface area contributed by atoms with E-state index >= 15 is 0 Å². The molecule has 0 aliphatic carbocycles. The average Bonchev–Trinajstić information content (AvgIpc) is 2.51. The number of ether oxygens (including phenoxy) is 1. The van der Waals surface area contributed by atoms with Crippen LogP contribution in [0.3, 0.4) is 0 Å². The smallest absolute Gasteiger partial charge is 0.313 e. The Balaban J connectivity index is 2.63. The van der Waals surface area contributed by atoms with Crippen molar-refractivity contribution in [3.63, 3.8) is 0 Å². The Hall–Kier alpha value is -1.25. The Morgan fingerprint density at radius 1 is 1.50 bits per heavy atom. The lowest BCUT2D eigenvalue weighted by Gasteiger charge is -2.21. The number of rotatable bonds is 2. The van der Waals surface area contributed by atoms with Crippen LogP contribution >= 0.6 is 0 Å². The Bertz CT molecular complexity index is 293. The van der Waals surface area contributed by atoms with Gasteiger partial charge in [-0.15, -0.1) is 0 Å². The quantitative estimate of drug-likeness (QED) is 0.683. The average molecular weight is 196 g/mol. The first-order valence-electron chi connectivity index (χ1n) is 4.65. The van der Waals surface area contributed by atoms with E-state index in [1.165, 1.54) is 0 Å². The van der Waals surface area contributed by atoms with E-state index in [2.05, 4.69) is 0 Å². The lowest BCUT2D eigenvalue weighted by atomic mass is 10.0. The fraction of sp³-hybridized carbons (Fsp3) is 0.545. The van der Waals surface area contributed by atoms with Gasteiger partial charge in [0.15, 0.2) is 0 Å². The molecule has 0 radical (unpaired) electrons. The summed E-state index contributed by atoms with van der Waals surface area (Å²) in [7, 11) is 0. The summed E-state index contributed by atoms with van der Waals surface area (Å²) in [5, 5.41) is 0. The van der Waals surface area contributed by atoms with E-state index in [4.69, 9.17) is 9.15 Å². The molecular weight excluding hydrogens is 180 g/mol. The standard InChI is InChI=1S/C11H16O3/c1-8(9-5-6-13-7-9)10(12)14-11(2,3)4/h5-8H,1-4H3. The molecule has 0 saturated heterocycles. The zero-order valence-electron chi connectivity index (χ0n) is 9.03. The third-order valence-electron chi connectivity index (χ3n) is 1.80. The van der Waals surface area contributed by atoms with Crippen LogP contribution in [-0.2, 0) is 9.53 Å². The van der Waals surface area contributed by atoms with Gasteiger partial charge in [-0.1, -0.05) is 0 Å². The summed E-state index contributed by atoms with van der Waals surface area (Å²) < 4.78 is 10.2. The molecule has 0 amide bonds. The van der Waals surface area contributed by atoms with Gasteiger partial charge in [0.05, 0.1) is 18.4 Å². The van der Waals surface area contributed by atoms with Crippen molar-refractivity contribution < 1.29 is 13.9 Å². The van der Waals surface area contributed by atoms with Gasteiger partial charge in [0.1, 0.15) is 5.60 Å². The van der Waals surface area contributed by atoms with Crippen molar-refractivity contribution in [2.75, 3.05) is 0 Å². The number of carbonyl (C=O) groups excluding carboxylic acids is 1. The van der Waals surface area contributed by atoms with Crippen LogP contribution in [0.1, 0.15) is 39.2 Å². The normalized spacial score (nSPS) is 13.7. The van der Waals surface area contributed by atoms with Crippen LogP contribution in [-0.4, -0.2) is 11.6 Å². The number of hydrogen-bond acceptors (Lipinski definition) is 3. The molecule has 0 bridgehead atoms. The van der Waals surface area contributed by atoms with Gasteiger partial charge in [-0.25, -0.2) is 0 Å². The zero-order chi connectivity index (χ0) is 10.8. The van der Waals surface area contributed by atoms with Gasteiger partial charge in [-0.3, -0.25) is 4.79 Å². The Morgan fingerprint density at radius 3 is 2.57 bits per heavy atom. The molecule has 14 heavy (non-hydrogen) atoms. The Kier molecular flexibility index (Phi) is 2.99. The maximum Gasteiger partial charge on any atom is 0.313 e. The minimum Gasteiger partial charge on any atom is -0.472 e. The number of esters is 1. The summed E-state index contributed by atoms with van der Waals surface area (Å²) in [4.78, 5) is 11.6. The summed E-state index contributed by atoms with van der Waals surface area (Å²) in [6, 6.07) is 1.77. The van der Waals surface area contributed by atoms with Crippen LogP contribution < -0.4 is 0 Å². The molecule has 0 N–H and O–H groups in total. The molecule has 3 nitrogen and oxygen atoms in total. The minimum absolute atomic E-state index is 0.223. The van der Waals surface area contributed by atoms with Gasteiger partial charge in [0.2, 0.25) is 0 Å². The van der Waals surface area contributed by atoms with E-state index < -0.39 is 5.60 Å². The van der Waals surface area contributed by atoms with E-state index in [0.29, 0.717) is 0 Å². The SMILES string of the molecule is CC(C(=O)OC(C)(C)C)c1ccoc1. The van der Waals surface area contributed by atoms with Crippen molar-refractivity contribution in [2.24, 2.45) is 0 Å². The van der Waals surface area contributed by atoms with Crippen LogP contribution in [0.5, 0.6) is 0 Å². The van der Waals surface area contributed by atoms with E-state index in [0.717, 1.165) is 5.56 Å². The molecule has 1 aromatic heterocycles. The molecule has 0 fully saturated rings. The lowest BCUT2D eigenvalue weighted by molar-refractivity contribution is -0.156. The molecule has 0 spiro atoms. The highest BCUT2D eigenvalue weighted by Crippen LogP contribution is 2.20. The van der Waals surface area contributed by atoms with Crippen LogP contribution in [0.2, 0.25) is 0 Å². The molecule has 1 aromatic rings. The molecule has 1 atom stereocenters. The molecule has 1 unspecified atom stereocenters. The molecule has 0 saturated carbocycles. The number of furan rings is 1. The molecule has 1 rings (SSSR count). The summed E-state index contributed by atoms with van der Waals surface area (Å²) in [5.41, 5.74) is 0.411. The predicted octanol–water partition coefficient (Wildman–Crippen LogP) is 2.72. The second kappa shape index (κ2) is 3.86. The van der Waals surface area contributed by atoms with Crippen LogP contribution in [0.4, 0.5) is 0 Å². The van der Waals surface area contributed by atoms with Gasteiger partial charge in [0.25, 0.3) is 0 Å². The van der Waals surface area contributed by atoms with E-state index in [1.807, 2.05) is 20.8 Å². The molecule has 1 heterocycles. The molecule has 0 aliphatic heterocycles. The van der Waals surface area contributed by atoms with E-state index in [9.17, 15) is 4.79 Å². The van der Waals surface area contributed by atoms with Crippen molar-refractivity contribution in [3.8, 4) is 0 Å². The number of hydrogen-bond donors (Lipinski definition) is 0. The van der Waals surface area contributed by atoms with Crippen molar-refractivity contribution in [1.82, 2.24) is 0 Å². The molecule has 0 aromatic carbocycles. The monoisotopic (exact) mass is 196 g/mol. The Morgan fingerprint density at radius 2 is 2.14 bits per heavy atom. The van der Waals surface area contributed by atoms with Crippen molar-refractivity contribution in [1.29, 1.82) is 0 Å². The van der Waals surface area contributed by atoms with Crippen molar-refractivity contribution in [2.45, 2.75) is 39.2 Å². The van der Waals surface area contributed by atoms with E-state index in [1.54, 1.807) is 25.5 Å². The molecule has 3 heteroatoms. The second-order valence-corrected chi connectivity index (χ2v) is 4.31. The summed E-state index contributed by atoms with van der Waals surface area (Å²) >= 11 is 0. The zero-order valence-corrected chi connectivity index (χ0v) is 9.03. The van der Waals surface area contributed by atoms with Gasteiger partial charge in [-0.05, 0) is 33.8 Å². The molecular formula is C11H16O3. The maximum atomic E-state index is 11.6. The van der Waals surface area contributed by atoms with Gasteiger partial charge in [0, 0.05) is 5.56 Å². The van der Waals surface area contributed by atoms with Gasteiger partial charge >= 0.3 is 5.97 Å². The van der Waals surface area contributed by atoms with Gasteiger partial charge in [-0.2, -0.15) is 0 Å².